The van der Waals surface area contributed by atoms with Gasteiger partial charge in [-0.1, -0.05) is 12.1 Å². The Morgan fingerprint density at radius 2 is 0.933 bits per heavy atom. The fourth-order valence-corrected chi connectivity index (χ4v) is 1.77. The fourth-order valence-electron chi connectivity index (χ4n) is 1.77. The Kier molecular flexibility index (Phi) is 9.36. The van der Waals surface area contributed by atoms with E-state index in [-0.39, 0.29) is 11.1 Å². The number of amides is 2. The maximum atomic E-state index is 10.4. The first-order valence-electron chi connectivity index (χ1n) is 8.20. The highest BCUT2D eigenvalue weighted by Crippen LogP contribution is 2.03. The Bertz CT molecular complexity index is 910. The molecule has 2 heterocycles. The van der Waals surface area contributed by atoms with Crippen LogP contribution in [0.25, 0.3) is 0 Å². The van der Waals surface area contributed by atoms with Crippen LogP contribution in [0.1, 0.15) is 41.7 Å². The molecule has 154 valence electrons. The van der Waals surface area contributed by atoms with E-state index in [1.165, 1.54) is 36.7 Å². The SMILES string of the molecule is NC(=O)c1ccccn1.NC(=O)c1ccccn1.O=C(O)c1ccc(C(=O)O)cc1. The molecule has 2 amide bonds. The first-order valence-corrected chi connectivity index (χ1v) is 8.20. The minimum atomic E-state index is -1.06. The summed E-state index contributed by atoms with van der Waals surface area (Å²) in [6, 6.07) is 15.1. The van der Waals surface area contributed by atoms with E-state index in [1.54, 1.807) is 36.4 Å². The largest absolute Gasteiger partial charge is 0.478 e. The summed E-state index contributed by atoms with van der Waals surface area (Å²) in [6.07, 6.45) is 3.06. The Morgan fingerprint density at radius 3 is 1.10 bits per heavy atom. The average Bonchev–Trinajstić information content (AvgIpc) is 2.76. The van der Waals surface area contributed by atoms with Gasteiger partial charge in [0.25, 0.3) is 11.8 Å². The molecule has 10 nitrogen and oxygen atoms in total. The zero-order valence-corrected chi connectivity index (χ0v) is 15.5. The summed E-state index contributed by atoms with van der Waals surface area (Å²) in [5.74, 6) is -3.11. The molecule has 0 unspecified atom stereocenters. The van der Waals surface area contributed by atoms with Crippen LogP contribution in [0.4, 0.5) is 0 Å². The van der Waals surface area contributed by atoms with Crippen LogP contribution in [0.5, 0.6) is 0 Å². The molecule has 0 aliphatic carbocycles. The Labute approximate surface area is 170 Å². The topological polar surface area (TPSA) is 187 Å². The van der Waals surface area contributed by atoms with E-state index in [0.717, 1.165) is 0 Å². The first kappa shape index (κ1) is 23.4. The Hall–Kier alpha value is -4.60. The summed E-state index contributed by atoms with van der Waals surface area (Å²) >= 11 is 0. The van der Waals surface area contributed by atoms with Crippen LogP contribution in [-0.2, 0) is 0 Å². The zero-order valence-electron chi connectivity index (χ0n) is 15.5. The molecule has 0 atom stereocenters. The molecular weight excluding hydrogens is 392 g/mol. The maximum absolute atomic E-state index is 10.4. The second-order valence-electron chi connectivity index (χ2n) is 5.35. The molecule has 3 rings (SSSR count). The number of carboxylic acid groups (broad SMARTS) is 2. The van der Waals surface area contributed by atoms with Crippen molar-refractivity contribution in [3.63, 3.8) is 0 Å². The molecule has 30 heavy (non-hydrogen) atoms. The molecule has 0 spiro atoms. The molecule has 1 aromatic carbocycles. The Morgan fingerprint density at radius 1 is 0.600 bits per heavy atom. The molecule has 0 fully saturated rings. The highest BCUT2D eigenvalue weighted by atomic mass is 16.4. The predicted octanol–water partition coefficient (Wildman–Crippen LogP) is 1.44. The van der Waals surface area contributed by atoms with Crippen molar-refractivity contribution in [1.82, 2.24) is 9.97 Å². The number of aromatic carboxylic acids is 2. The van der Waals surface area contributed by atoms with Crippen LogP contribution < -0.4 is 11.5 Å². The highest BCUT2D eigenvalue weighted by Gasteiger charge is 2.04. The molecule has 0 aliphatic heterocycles. The average molecular weight is 410 g/mol. The van der Waals surface area contributed by atoms with Crippen molar-refractivity contribution in [2.45, 2.75) is 0 Å². The van der Waals surface area contributed by atoms with Crippen LogP contribution in [0, 0.1) is 0 Å². The summed E-state index contributed by atoms with van der Waals surface area (Å²) in [5.41, 5.74) is 10.6. The van der Waals surface area contributed by atoms with Gasteiger partial charge in [-0.15, -0.1) is 0 Å². The second-order valence-corrected chi connectivity index (χ2v) is 5.35. The molecule has 0 saturated carbocycles. The van der Waals surface area contributed by atoms with Gasteiger partial charge in [-0.3, -0.25) is 19.6 Å². The number of hydrogen-bond donors (Lipinski definition) is 4. The van der Waals surface area contributed by atoms with Gasteiger partial charge in [0.1, 0.15) is 11.4 Å². The minimum Gasteiger partial charge on any atom is -0.478 e. The van der Waals surface area contributed by atoms with Crippen molar-refractivity contribution in [3.8, 4) is 0 Å². The molecule has 0 aliphatic rings. The molecule has 6 N–H and O–H groups in total. The molecular formula is C20H18N4O6. The van der Waals surface area contributed by atoms with Crippen LogP contribution in [-0.4, -0.2) is 43.9 Å². The number of pyridine rings is 2. The maximum Gasteiger partial charge on any atom is 0.335 e. The van der Waals surface area contributed by atoms with Crippen molar-refractivity contribution in [3.05, 3.63) is 95.6 Å². The number of benzene rings is 1. The van der Waals surface area contributed by atoms with Crippen LogP contribution in [0.3, 0.4) is 0 Å². The lowest BCUT2D eigenvalue weighted by Gasteiger charge is -1.94. The highest BCUT2D eigenvalue weighted by molar-refractivity contribution is 5.92. The summed E-state index contributed by atoms with van der Waals surface area (Å²) in [6.45, 7) is 0. The van der Waals surface area contributed by atoms with Gasteiger partial charge in [-0.25, -0.2) is 9.59 Å². The Balaban J connectivity index is 0.000000229. The number of aromatic nitrogens is 2. The standard InChI is InChI=1S/C8H6O4.2C6H6N2O/c9-7(10)5-1-2-6(4-3-5)8(11)12;2*7-6(9)5-3-1-2-4-8-5/h1-4H,(H,9,10)(H,11,12);2*1-4H,(H2,7,9). The van der Waals surface area contributed by atoms with Crippen LogP contribution in [0.2, 0.25) is 0 Å². The van der Waals surface area contributed by atoms with Crippen molar-refractivity contribution in [1.29, 1.82) is 0 Å². The molecule has 3 aromatic rings. The molecule has 0 bridgehead atoms. The summed E-state index contributed by atoms with van der Waals surface area (Å²) in [5, 5.41) is 16.9. The first-order chi connectivity index (χ1) is 14.2. The number of nitrogens with two attached hydrogens (primary N) is 2. The van der Waals surface area contributed by atoms with E-state index < -0.39 is 23.8 Å². The summed E-state index contributed by atoms with van der Waals surface area (Å²) in [7, 11) is 0. The lowest BCUT2D eigenvalue weighted by atomic mass is 10.1. The lowest BCUT2D eigenvalue weighted by Crippen LogP contribution is -2.12. The van der Waals surface area contributed by atoms with Gasteiger partial charge in [-0.2, -0.15) is 0 Å². The lowest BCUT2D eigenvalue weighted by molar-refractivity contribution is 0.0681. The van der Waals surface area contributed by atoms with Gasteiger partial charge < -0.3 is 21.7 Å². The van der Waals surface area contributed by atoms with Crippen LogP contribution >= 0.6 is 0 Å². The van der Waals surface area contributed by atoms with Gasteiger partial charge in [-0.05, 0) is 48.5 Å². The minimum absolute atomic E-state index is 0.0833. The monoisotopic (exact) mass is 410 g/mol. The smallest absolute Gasteiger partial charge is 0.335 e. The third-order valence-corrected chi connectivity index (χ3v) is 3.21. The van der Waals surface area contributed by atoms with E-state index in [0.29, 0.717) is 11.4 Å². The van der Waals surface area contributed by atoms with E-state index in [1.807, 2.05) is 0 Å². The van der Waals surface area contributed by atoms with E-state index in [2.05, 4.69) is 9.97 Å². The second kappa shape index (κ2) is 12.0. The number of carboxylic acids is 2. The van der Waals surface area contributed by atoms with Crippen molar-refractivity contribution in [2.75, 3.05) is 0 Å². The number of hydrogen-bond acceptors (Lipinski definition) is 6. The quantitative estimate of drug-likeness (QED) is 0.497. The van der Waals surface area contributed by atoms with Crippen molar-refractivity contribution >= 4 is 23.8 Å². The number of rotatable bonds is 4. The molecule has 2 aromatic heterocycles. The number of carbonyl (C=O) groups excluding carboxylic acids is 2. The van der Waals surface area contributed by atoms with Crippen LogP contribution in [0.15, 0.2) is 73.1 Å². The van der Waals surface area contributed by atoms with Gasteiger partial charge >= 0.3 is 11.9 Å². The van der Waals surface area contributed by atoms with Gasteiger partial charge in [0.2, 0.25) is 0 Å². The van der Waals surface area contributed by atoms with Gasteiger partial charge in [0.05, 0.1) is 11.1 Å². The molecule has 10 heteroatoms. The predicted molar refractivity (Wildman–Crippen MR) is 106 cm³/mol. The third-order valence-electron chi connectivity index (χ3n) is 3.21. The number of carbonyl (C=O) groups is 4. The third kappa shape index (κ3) is 8.39. The summed E-state index contributed by atoms with van der Waals surface area (Å²) < 4.78 is 0. The van der Waals surface area contributed by atoms with Crippen molar-refractivity contribution < 1.29 is 29.4 Å². The molecule has 0 saturated heterocycles. The molecule has 0 radical (unpaired) electrons. The van der Waals surface area contributed by atoms with E-state index >= 15 is 0 Å². The zero-order chi connectivity index (χ0) is 22.5. The number of primary amides is 2. The number of nitrogens with zero attached hydrogens (tertiary/aromatic N) is 2. The van der Waals surface area contributed by atoms with Gasteiger partial charge in [0.15, 0.2) is 0 Å². The normalized spacial score (nSPS) is 9.07. The summed E-state index contributed by atoms with van der Waals surface area (Å²) in [4.78, 5) is 48.8. The van der Waals surface area contributed by atoms with E-state index in [9.17, 15) is 19.2 Å². The van der Waals surface area contributed by atoms with E-state index in [4.69, 9.17) is 21.7 Å². The fraction of sp³-hybridized carbons (Fsp3) is 0. The van der Waals surface area contributed by atoms with Crippen molar-refractivity contribution in [2.24, 2.45) is 11.5 Å². The van der Waals surface area contributed by atoms with Gasteiger partial charge in [0, 0.05) is 12.4 Å².